The van der Waals surface area contributed by atoms with Crippen molar-refractivity contribution in [2.75, 3.05) is 19.6 Å². The summed E-state index contributed by atoms with van der Waals surface area (Å²) in [6.45, 7) is 5.38. The molecule has 3 rings (SSSR count). The summed E-state index contributed by atoms with van der Waals surface area (Å²) in [6, 6.07) is 7.51. The number of carbonyl (C=O) groups excluding carboxylic acids is 1. The lowest BCUT2D eigenvalue weighted by atomic mass is 9.96. The van der Waals surface area contributed by atoms with E-state index in [4.69, 9.17) is 11.6 Å². The summed E-state index contributed by atoms with van der Waals surface area (Å²) >= 11 is 6.24. The van der Waals surface area contributed by atoms with Gasteiger partial charge in [0, 0.05) is 50.4 Å². The van der Waals surface area contributed by atoms with Gasteiger partial charge in [0.15, 0.2) is 5.03 Å². The number of hydrogen-bond donors (Lipinski definition) is 0. The molecule has 158 valence electrons. The van der Waals surface area contributed by atoms with Gasteiger partial charge in [-0.15, -0.1) is 0 Å². The Hall–Kier alpha value is -1.90. The fourth-order valence-electron chi connectivity index (χ4n) is 3.56. The van der Waals surface area contributed by atoms with Crippen LogP contribution in [0.4, 0.5) is 0 Å². The van der Waals surface area contributed by atoms with Crippen molar-refractivity contribution in [2.24, 2.45) is 13.0 Å². The molecule has 1 saturated heterocycles. The zero-order chi connectivity index (χ0) is 21.2. The van der Waals surface area contributed by atoms with E-state index >= 15 is 0 Å². The van der Waals surface area contributed by atoms with Crippen molar-refractivity contribution in [1.29, 1.82) is 0 Å². The summed E-state index contributed by atoms with van der Waals surface area (Å²) < 4.78 is 28.8. The number of rotatable bonds is 6. The van der Waals surface area contributed by atoms with Crippen LogP contribution in [0.15, 0.2) is 35.5 Å². The summed E-state index contributed by atoms with van der Waals surface area (Å²) in [5.74, 6) is 0.513. The van der Waals surface area contributed by atoms with E-state index in [1.54, 1.807) is 23.4 Å². The maximum absolute atomic E-state index is 13.0. The number of aromatic nitrogens is 2. The Morgan fingerprint density at radius 3 is 2.48 bits per heavy atom. The van der Waals surface area contributed by atoms with Crippen molar-refractivity contribution in [3.05, 3.63) is 46.9 Å². The lowest BCUT2D eigenvalue weighted by molar-refractivity contribution is -0.137. The minimum atomic E-state index is -3.63. The summed E-state index contributed by atoms with van der Waals surface area (Å²) in [4.78, 5) is 19.0. The average molecular weight is 439 g/mol. The van der Waals surface area contributed by atoms with Gasteiger partial charge in [-0.3, -0.25) is 4.79 Å². The number of benzene rings is 1. The van der Waals surface area contributed by atoms with Crippen LogP contribution in [0.5, 0.6) is 0 Å². The largest absolute Gasteiger partial charge is 0.338 e. The average Bonchev–Trinajstić information content (AvgIpc) is 3.06. The van der Waals surface area contributed by atoms with Crippen LogP contribution in [0.3, 0.4) is 0 Å². The van der Waals surface area contributed by atoms with E-state index in [1.165, 1.54) is 10.5 Å². The highest BCUT2D eigenvalue weighted by Crippen LogP contribution is 2.26. The Morgan fingerprint density at radius 2 is 1.93 bits per heavy atom. The van der Waals surface area contributed by atoms with Gasteiger partial charge in [0.25, 0.3) is 10.0 Å². The van der Waals surface area contributed by atoms with E-state index in [0.29, 0.717) is 49.9 Å². The molecule has 0 bridgehead atoms. The Labute approximate surface area is 177 Å². The molecule has 1 fully saturated rings. The lowest BCUT2D eigenvalue weighted by Crippen LogP contribution is -2.44. The topological polar surface area (TPSA) is 75.5 Å². The van der Waals surface area contributed by atoms with E-state index in [0.717, 1.165) is 5.56 Å². The molecular weight excluding hydrogens is 412 g/mol. The normalized spacial score (nSPS) is 16.1. The number of aryl methyl sites for hydroxylation is 2. The molecule has 0 unspecified atom stereocenters. The van der Waals surface area contributed by atoms with Crippen LogP contribution < -0.4 is 0 Å². The molecule has 0 saturated carbocycles. The molecule has 0 N–H and O–H groups in total. The number of halogens is 1. The summed E-state index contributed by atoms with van der Waals surface area (Å²) in [6.07, 6.45) is 2.54. The molecule has 0 radical (unpaired) electrons. The molecule has 1 aromatic carbocycles. The minimum absolute atomic E-state index is 0.0538. The number of carbonyl (C=O) groups is 1. The van der Waals surface area contributed by atoms with Gasteiger partial charge in [-0.05, 0) is 38.3 Å². The van der Waals surface area contributed by atoms with Crippen LogP contribution >= 0.6 is 11.6 Å². The Bertz CT molecular complexity index is 962. The van der Waals surface area contributed by atoms with Crippen molar-refractivity contribution in [3.8, 4) is 0 Å². The smallest absolute Gasteiger partial charge is 0.262 e. The monoisotopic (exact) mass is 438 g/mol. The second-order valence-corrected chi connectivity index (χ2v) is 9.65. The molecule has 29 heavy (non-hydrogen) atoms. The predicted molar refractivity (Wildman–Crippen MR) is 112 cm³/mol. The van der Waals surface area contributed by atoms with Gasteiger partial charge in [-0.2, -0.15) is 4.31 Å². The van der Waals surface area contributed by atoms with Gasteiger partial charge in [-0.1, -0.05) is 29.8 Å². The third-order valence-electron chi connectivity index (χ3n) is 5.51. The van der Waals surface area contributed by atoms with Crippen molar-refractivity contribution in [3.63, 3.8) is 0 Å². The first-order valence-corrected chi connectivity index (χ1v) is 11.6. The van der Waals surface area contributed by atoms with E-state index in [2.05, 4.69) is 4.98 Å². The molecular formula is C20H27ClN4O3S. The van der Waals surface area contributed by atoms with Crippen LogP contribution in [0, 0.1) is 12.8 Å². The fourth-order valence-corrected chi connectivity index (χ4v) is 5.25. The van der Waals surface area contributed by atoms with Crippen LogP contribution in [-0.2, 0) is 28.4 Å². The highest BCUT2D eigenvalue weighted by molar-refractivity contribution is 7.89. The van der Waals surface area contributed by atoms with Gasteiger partial charge < -0.3 is 9.47 Å². The molecule has 1 aliphatic rings. The maximum atomic E-state index is 13.0. The fraction of sp³-hybridized carbons (Fsp3) is 0.500. The molecule has 0 aliphatic carbocycles. The van der Waals surface area contributed by atoms with Crippen LogP contribution in [0.25, 0.3) is 0 Å². The molecule has 1 aromatic heterocycles. The first-order valence-electron chi connectivity index (χ1n) is 9.76. The van der Waals surface area contributed by atoms with Crippen LogP contribution in [-0.4, -0.2) is 52.7 Å². The summed E-state index contributed by atoms with van der Waals surface area (Å²) in [5, 5.41) is 0.710. The van der Waals surface area contributed by atoms with Gasteiger partial charge >= 0.3 is 0 Å². The first kappa shape index (κ1) is 21.8. The number of imidazole rings is 1. The van der Waals surface area contributed by atoms with E-state index < -0.39 is 10.0 Å². The number of hydrogen-bond acceptors (Lipinski definition) is 4. The predicted octanol–water partition coefficient (Wildman–Crippen LogP) is 2.83. The molecule has 9 heteroatoms. The van der Waals surface area contributed by atoms with Crippen molar-refractivity contribution in [1.82, 2.24) is 18.8 Å². The summed E-state index contributed by atoms with van der Waals surface area (Å²) in [5.41, 5.74) is 0.912. The van der Waals surface area contributed by atoms with Gasteiger partial charge in [0.05, 0.1) is 0 Å². The van der Waals surface area contributed by atoms with Gasteiger partial charge in [-0.25, -0.2) is 13.4 Å². The molecule has 2 heterocycles. The van der Waals surface area contributed by atoms with E-state index in [-0.39, 0.29) is 16.9 Å². The quantitative estimate of drug-likeness (QED) is 0.694. The van der Waals surface area contributed by atoms with Crippen molar-refractivity contribution in [2.45, 2.75) is 38.3 Å². The number of amides is 1. The lowest BCUT2D eigenvalue weighted by Gasteiger charge is -2.33. The van der Waals surface area contributed by atoms with Crippen molar-refractivity contribution < 1.29 is 13.2 Å². The highest BCUT2D eigenvalue weighted by atomic mass is 35.5. The molecule has 1 amide bonds. The number of sulfonamides is 1. The molecule has 0 spiro atoms. The second-order valence-electron chi connectivity index (χ2n) is 7.36. The number of nitrogens with zero attached hydrogens (tertiary/aromatic N) is 4. The number of piperidine rings is 1. The molecule has 0 atom stereocenters. The molecule has 1 aliphatic heterocycles. The van der Waals surface area contributed by atoms with Gasteiger partial charge in [0.1, 0.15) is 5.82 Å². The minimum Gasteiger partial charge on any atom is -0.338 e. The Kier molecular flexibility index (Phi) is 6.65. The zero-order valence-electron chi connectivity index (χ0n) is 17.0. The van der Waals surface area contributed by atoms with Crippen molar-refractivity contribution >= 4 is 27.5 Å². The van der Waals surface area contributed by atoms with Crippen LogP contribution in [0.2, 0.25) is 5.02 Å². The standard InChI is InChI=1S/C20H27ClN4O3S/c1-4-24(13-17-7-5-6-8-18(17)21)20(26)16-9-11-25(12-10-16)29(27,28)19-14-23(3)15(2)22-19/h5-8,14,16H,4,9-13H2,1-3H3. The first-order chi connectivity index (χ1) is 13.7. The molecule has 7 nitrogen and oxygen atoms in total. The molecule has 2 aromatic rings. The Balaban J connectivity index is 1.64. The SMILES string of the molecule is CCN(Cc1ccccc1Cl)C(=O)C1CCN(S(=O)(=O)c2cn(C)c(C)n2)CC1. The van der Waals surface area contributed by atoms with E-state index in [1.807, 2.05) is 31.2 Å². The third kappa shape index (κ3) is 4.65. The highest BCUT2D eigenvalue weighted by Gasteiger charge is 2.34. The second kappa shape index (κ2) is 8.85. The third-order valence-corrected chi connectivity index (χ3v) is 7.65. The Morgan fingerprint density at radius 1 is 1.28 bits per heavy atom. The van der Waals surface area contributed by atoms with Crippen LogP contribution in [0.1, 0.15) is 31.2 Å². The maximum Gasteiger partial charge on any atom is 0.262 e. The van der Waals surface area contributed by atoms with Gasteiger partial charge in [0.2, 0.25) is 5.91 Å². The summed E-state index contributed by atoms with van der Waals surface area (Å²) in [7, 11) is -1.87. The van der Waals surface area contributed by atoms with E-state index in [9.17, 15) is 13.2 Å². The zero-order valence-corrected chi connectivity index (χ0v) is 18.6.